The van der Waals surface area contributed by atoms with Gasteiger partial charge in [-0.2, -0.15) is 0 Å². The predicted molar refractivity (Wildman–Crippen MR) is 80.0 cm³/mol. The number of nitrogens with one attached hydrogen (secondary N) is 1. The number of hydrogen-bond acceptors (Lipinski definition) is 4. The summed E-state index contributed by atoms with van der Waals surface area (Å²) in [6, 6.07) is 6.31. The van der Waals surface area contributed by atoms with Crippen molar-refractivity contribution in [2.45, 2.75) is 39.0 Å². The molecule has 0 aromatic carbocycles. The molecule has 0 saturated carbocycles. The van der Waals surface area contributed by atoms with Crippen LogP contribution >= 0.6 is 0 Å². The van der Waals surface area contributed by atoms with Crippen molar-refractivity contribution < 1.29 is 0 Å². The lowest BCUT2D eigenvalue weighted by molar-refractivity contribution is 0.586. The Morgan fingerprint density at radius 2 is 2.25 bits per heavy atom. The normalized spacial score (nSPS) is 17.6. The molecule has 2 aromatic rings. The second-order valence-electron chi connectivity index (χ2n) is 5.28. The molecule has 4 nitrogen and oxygen atoms in total. The molecule has 0 aliphatic heterocycles. The molecule has 3 rings (SSSR count). The van der Waals surface area contributed by atoms with Gasteiger partial charge in [-0.3, -0.25) is 4.98 Å². The highest BCUT2D eigenvalue weighted by atomic mass is 15.1. The van der Waals surface area contributed by atoms with E-state index in [4.69, 9.17) is 0 Å². The van der Waals surface area contributed by atoms with Gasteiger partial charge in [0.1, 0.15) is 0 Å². The average Bonchev–Trinajstić information content (AvgIpc) is 2.46. The van der Waals surface area contributed by atoms with Crippen LogP contribution in [0.25, 0.3) is 0 Å². The van der Waals surface area contributed by atoms with Gasteiger partial charge in [0.2, 0.25) is 5.95 Å². The van der Waals surface area contributed by atoms with Gasteiger partial charge in [-0.25, -0.2) is 9.97 Å². The first-order valence-corrected chi connectivity index (χ1v) is 7.31. The van der Waals surface area contributed by atoms with Crippen LogP contribution < -0.4 is 5.32 Å². The SMILES string of the molecule is CCNc1nc(C)cc(C2CCCc3cccnc32)n1. The highest BCUT2D eigenvalue weighted by molar-refractivity contribution is 5.36. The van der Waals surface area contributed by atoms with E-state index in [2.05, 4.69) is 39.3 Å². The van der Waals surface area contributed by atoms with E-state index in [0.29, 0.717) is 5.92 Å². The molecule has 0 spiro atoms. The Bertz CT molecular complexity index is 609. The van der Waals surface area contributed by atoms with Crippen molar-refractivity contribution >= 4 is 5.95 Å². The first kappa shape index (κ1) is 13.0. The third-order valence-electron chi connectivity index (χ3n) is 3.76. The van der Waals surface area contributed by atoms with E-state index in [1.54, 1.807) is 0 Å². The van der Waals surface area contributed by atoms with Crippen molar-refractivity contribution in [3.05, 3.63) is 47.0 Å². The molecular formula is C16H20N4. The summed E-state index contributed by atoms with van der Waals surface area (Å²) in [5.41, 5.74) is 4.66. The number of aromatic nitrogens is 3. The van der Waals surface area contributed by atoms with Crippen LogP contribution in [0.5, 0.6) is 0 Å². The maximum absolute atomic E-state index is 4.68. The van der Waals surface area contributed by atoms with Crippen molar-refractivity contribution in [2.24, 2.45) is 0 Å². The zero-order valence-electron chi connectivity index (χ0n) is 12.1. The van der Waals surface area contributed by atoms with Gasteiger partial charge in [-0.05, 0) is 50.8 Å². The number of nitrogens with zero attached hydrogens (tertiary/aromatic N) is 3. The van der Waals surface area contributed by atoms with Crippen LogP contribution in [0.3, 0.4) is 0 Å². The van der Waals surface area contributed by atoms with Gasteiger partial charge < -0.3 is 5.32 Å². The maximum Gasteiger partial charge on any atom is 0.223 e. The number of hydrogen-bond donors (Lipinski definition) is 1. The minimum Gasteiger partial charge on any atom is -0.354 e. The number of aryl methyl sites for hydroxylation is 2. The van der Waals surface area contributed by atoms with E-state index in [1.807, 2.05) is 19.2 Å². The molecule has 0 radical (unpaired) electrons. The Balaban J connectivity index is 2.01. The third kappa shape index (κ3) is 2.50. The number of fused-ring (bicyclic) bond motifs is 1. The molecular weight excluding hydrogens is 248 g/mol. The molecule has 4 heteroatoms. The Hall–Kier alpha value is -1.97. The molecule has 0 bridgehead atoms. The number of anilines is 1. The third-order valence-corrected chi connectivity index (χ3v) is 3.76. The number of pyridine rings is 1. The molecule has 0 fully saturated rings. The van der Waals surface area contributed by atoms with Crippen molar-refractivity contribution in [1.82, 2.24) is 15.0 Å². The first-order chi connectivity index (χ1) is 9.78. The largest absolute Gasteiger partial charge is 0.354 e. The molecule has 1 aliphatic rings. The first-order valence-electron chi connectivity index (χ1n) is 7.31. The topological polar surface area (TPSA) is 50.7 Å². The van der Waals surface area contributed by atoms with Crippen molar-refractivity contribution in [2.75, 3.05) is 11.9 Å². The fraction of sp³-hybridized carbons (Fsp3) is 0.438. The smallest absolute Gasteiger partial charge is 0.223 e. The molecule has 0 saturated heterocycles. The summed E-state index contributed by atoms with van der Waals surface area (Å²) < 4.78 is 0. The molecule has 0 amide bonds. The van der Waals surface area contributed by atoms with Gasteiger partial charge in [-0.1, -0.05) is 6.07 Å². The van der Waals surface area contributed by atoms with E-state index >= 15 is 0 Å². The average molecular weight is 268 g/mol. The van der Waals surface area contributed by atoms with Crippen LogP contribution in [0.4, 0.5) is 5.95 Å². The van der Waals surface area contributed by atoms with E-state index < -0.39 is 0 Å². The second kappa shape index (κ2) is 5.57. The van der Waals surface area contributed by atoms with Crippen LogP contribution in [0.15, 0.2) is 24.4 Å². The van der Waals surface area contributed by atoms with Gasteiger partial charge in [0, 0.05) is 24.4 Å². The quantitative estimate of drug-likeness (QED) is 0.929. The zero-order valence-corrected chi connectivity index (χ0v) is 12.1. The Morgan fingerprint density at radius 1 is 1.35 bits per heavy atom. The standard InChI is InChI=1S/C16H20N4/c1-3-17-16-19-11(2)10-14(20-16)13-8-4-6-12-7-5-9-18-15(12)13/h5,7,9-10,13H,3-4,6,8H2,1-2H3,(H,17,19,20). The van der Waals surface area contributed by atoms with Crippen LogP contribution in [0.2, 0.25) is 0 Å². The molecule has 2 heterocycles. The maximum atomic E-state index is 4.68. The summed E-state index contributed by atoms with van der Waals surface area (Å²) in [6.07, 6.45) is 5.33. The minimum atomic E-state index is 0.305. The molecule has 20 heavy (non-hydrogen) atoms. The fourth-order valence-corrected chi connectivity index (χ4v) is 2.91. The van der Waals surface area contributed by atoms with Crippen LogP contribution in [0.1, 0.15) is 48.3 Å². The zero-order chi connectivity index (χ0) is 13.9. The summed E-state index contributed by atoms with van der Waals surface area (Å²) in [4.78, 5) is 13.7. The summed E-state index contributed by atoms with van der Waals surface area (Å²) in [5.74, 6) is 1.03. The monoisotopic (exact) mass is 268 g/mol. The van der Waals surface area contributed by atoms with Crippen molar-refractivity contribution in [3.63, 3.8) is 0 Å². The van der Waals surface area contributed by atoms with Crippen molar-refractivity contribution in [3.8, 4) is 0 Å². The van der Waals surface area contributed by atoms with Gasteiger partial charge in [0.05, 0.1) is 11.4 Å². The van der Waals surface area contributed by atoms with Crippen LogP contribution in [0, 0.1) is 6.92 Å². The molecule has 1 aliphatic carbocycles. The number of rotatable bonds is 3. The Morgan fingerprint density at radius 3 is 3.10 bits per heavy atom. The second-order valence-corrected chi connectivity index (χ2v) is 5.28. The molecule has 1 unspecified atom stereocenters. The molecule has 2 aromatic heterocycles. The van der Waals surface area contributed by atoms with E-state index in [9.17, 15) is 0 Å². The van der Waals surface area contributed by atoms with Crippen molar-refractivity contribution in [1.29, 1.82) is 0 Å². The summed E-state index contributed by atoms with van der Waals surface area (Å²) in [7, 11) is 0. The predicted octanol–water partition coefficient (Wildman–Crippen LogP) is 3.08. The van der Waals surface area contributed by atoms with Gasteiger partial charge in [-0.15, -0.1) is 0 Å². The Labute approximate surface area is 119 Å². The van der Waals surface area contributed by atoms with E-state index in [0.717, 1.165) is 36.7 Å². The van der Waals surface area contributed by atoms with E-state index in [-0.39, 0.29) is 0 Å². The van der Waals surface area contributed by atoms with Gasteiger partial charge in [0.25, 0.3) is 0 Å². The fourth-order valence-electron chi connectivity index (χ4n) is 2.91. The minimum absolute atomic E-state index is 0.305. The lowest BCUT2D eigenvalue weighted by Gasteiger charge is -2.24. The highest BCUT2D eigenvalue weighted by Crippen LogP contribution is 2.34. The summed E-state index contributed by atoms with van der Waals surface area (Å²) >= 11 is 0. The van der Waals surface area contributed by atoms with Gasteiger partial charge >= 0.3 is 0 Å². The summed E-state index contributed by atoms with van der Waals surface area (Å²) in [6.45, 7) is 4.92. The van der Waals surface area contributed by atoms with Gasteiger partial charge in [0.15, 0.2) is 0 Å². The van der Waals surface area contributed by atoms with Crippen LogP contribution in [-0.2, 0) is 6.42 Å². The lowest BCUT2D eigenvalue weighted by atomic mass is 9.84. The Kier molecular flexibility index (Phi) is 3.63. The highest BCUT2D eigenvalue weighted by Gasteiger charge is 2.24. The van der Waals surface area contributed by atoms with Crippen LogP contribution in [-0.4, -0.2) is 21.5 Å². The van der Waals surface area contributed by atoms with E-state index in [1.165, 1.54) is 17.7 Å². The summed E-state index contributed by atoms with van der Waals surface area (Å²) in [5, 5.41) is 3.21. The lowest BCUT2D eigenvalue weighted by Crippen LogP contribution is -2.15. The molecule has 104 valence electrons. The molecule has 1 atom stereocenters. The molecule has 1 N–H and O–H groups in total.